The van der Waals surface area contributed by atoms with E-state index >= 15 is 0 Å². The Balaban J connectivity index is 1.91. The fourth-order valence-corrected chi connectivity index (χ4v) is 2.87. The van der Waals surface area contributed by atoms with Crippen LogP contribution in [0.3, 0.4) is 0 Å². The number of pyridine rings is 1. The molecule has 0 spiro atoms. The molecule has 5 heteroatoms. The van der Waals surface area contributed by atoms with E-state index in [9.17, 15) is 4.39 Å². The zero-order valence-corrected chi connectivity index (χ0v) is 13.5. The van der Waals surface area contributed by atoms with Crippen molar-refractivity contribution in [3.63, 3.8) is 0 Å². The molecule has 120 valence electrons. The topological polar surface area (TPSA) is 46.0 Å². The van der Waals surface area contributed by atoms with Crippen molar-refractivity contribution in [2.45, 2.75) is 20.3 Å². The molecule has 4 aromatic rings. The van der Waals surface area contributed by atoms with Crippen LogP contribution in [0.25, 0.3) is 28.2 Å². The first-order valence-corrected chi connectivity index (χ1v) is 7.94. The van der Waals surface area contributed by atoms with Gasteiger partial charge in [-0.3, -0.25) is 0 Å². The van der Waals surface area contributed by atoms with Crippen LogP contribution in [0.4, 0.5) is 4.39 Å². The van der Waals surface area contributed by atoms with Crippen molar-refractivity contribution in [3.8, 4) is 22.5 Å². The van der Waals surface area contributed by atoms with Crippen LogP contribution < -0.4 is 0 Å². The lowest BCUT2D eigenvalue weighted by molar-refractivity contribution is 0.619. The van der Waals surface area contributed by atoms with Gasteiger partial charge in [-0.15, -0.1) is 0 Å². The van der Waals surface area contributed by atoms with Crippen LogP contribution >= 0.6 is 0 Å². The molecule has 1 N–H and O–H groups in total. The van der Waals surface area contributed by atoms with Crippen molar-refractivity contribution in [2.75, 3.05) is 0 Å². The second-order valence-corrected chi connectivity index (χ2v) is 5.84. The summed E-state index contributed by atoms with van der Waals surface area (Å²) in [5, 5.41) is 0. The Morgan fingerprint density at radius 1 is 1.17 bits per heavy atom. The van der Waals surface area contributed by atoms with Crippen LogP contribution in [-0.4, -0.2) is 19.4 Å². The van der Waals surface area contributed by atoms with Gasteiger partial charge >= 0.3 is 0 Å². The number of hydrogen-bond acceptors (Lipinski definition) is 2. The van der Waals surface area contributed by atoms with Crippen LogP contribution in [0, 0.1) is 12.7 Å². The van der Waals surface area contributed by atoms with Gasteiger partial charge in [0.05, 0.1) is 11.4 Å². The van der Waals surface area contributed by atoms with E-state index < -0.39 is 0 Å². The maximum Gasteiger partial charge on any atom is 0.136 e. The molecule has 0 radical (unpaired) electrons. The van der Waals surface area contributed by atoms with Gasteiger partial charge < -0.3 is 9.38 Å². The minimum Gasteiger partial charge on any atom is -0.341 e. The number of imidazole rings is 2. The molecule has 1 aromatic carbocycles. The first-order valence-electron chi connectivity index (χ1n) is 7.94. The van der Waals surface area contributed by atoms with Gasteiger partial charge in [-0.25, -0.2) is 14.4 Å². The third kappa shape index (κ3) is 2.38. The SMILES string of the molecule is CCc1nc(-c2ccc(F)c(C)c2)c(-c2ccc3nccn3c2)[nH]1. The normalized spacial score (nSPS) is 11.3. The maximum absolute atomic E-state index is 13.6. The molecule has 3 aromatic heterocycles. The lowest BCUT2D eigenvalue weighted by Gasteiger charge is -2.06. The van der Waals surface area contributed by atoms with Crippen molar-refractivity contribution < 1.29 is 4.39 Å². The Bertz CT molecular complexity index is 1030. The minimum atomic E-state index is -0.202. The zero-order valence-electron chi connectivity index (χ0n) is 13.5. The van der Waals surface area contributed by atoms with Crippen LogP contribution in [0.15, 0.2) is 48.9 Å². The number of aromatic nitrogens is 4. The summed E-state index contributed by atoms with van der Waals surface area (Å²) in [6.07, 6.45) is 6.51. The third-order valence-corrected chi connectivity index (χ3v) is 4.20. The highest BCUT2D eigenvalue weighted by atomic mass is 19.1. The van der Waals surface area contributed by atoms with Crippen molar-refractivity contribution in [1.82, 2.24) is 19.4 Å². The minimum absolute atomic E-state index is 0.202. The number of benzene rings is 1. The Kier molecular flexibility index (Phi) is 3.41. The van der Waals surface area contributed by atoms with Gasteiger partial charge in [0.25, 0.3) is 0 Å². The Morgan fingerprint density at radius 2 is 2.00 bits per heavy atom. The molecule has 0 aliphatic heterocycles. The highest BCUT2D eigenvalue weighted by Crippen LogP contribution is 2.31. The summed E-state index contributed by atoms with van der Waals surface area (Å²) in [5.74, 6) is 0.707. The van der Waals surface area contributed by atoms with Crippen LogP contribution in [0.5, 0.6) is 0 Å². The first-order chi connectivity index (χ1) is 11.7. The number of hydrogen-bond donors (Lipinski definition) is 1. The zero-order chi connectivity index (χ0) is 16.7. The summed E-state index contributed by atoms with van der Waals surface area (Å²) >= 11 is 0. The molecular weight excluding hydrogens is 303 g/mol. The molecule has 0 fully saturated rings. The van der Waals surface area contributed by atoms with Gasteiger partial charge in [-0.2, -0.15) is 0 Å². The van der Waals surface area contributed by atoms with Crippen LogP contribution in [0.1, 0.15) is 18.3 Å². The molecule has 0 atom stereocenters. The predicted octanol–water partition coefficient (Wildman–Crippen LogP) is 4.40. The molecule has 3 heterocycles. The van der Waals surface area contributed by atoms with E-state index in [1.807, 2.05) is 35.0 Å². The molecule has 4 nitrogen and oxygen atoms in total. The maximum atomic E-state index is 13.6. The Hall–Kier alpha value is -2.95. The number of rotatable bonds is 3. The number of fused-ring (bicyclic) bond motifs is 1. The average molecular weight is 320 g/mol. The predicted molar refractivity (Wildman–Crippen MR) is 92.3 cm³/mol. The third-order valence-electron chi connectivity index (χ3n) is 4.20. The van der Waals surface area contributed by atoms with E-state index in [4.69, 9.17) is 4.98 Å². The summed E-state index contributed by atoms with van der Waals surface area (Å²) in [5.41, 5.74) is 5.22. The smallest absolute Gasteiger partial charge is 0.136 e. The Labute approximate surface area is 139 Å². The van der Waals surface area contributed by atoms with E-state index in [1.54, 1.807) is 19.2 Å². The lowest BCUT2D eigenvalue weighted by Crippen LogP contribution is -1.90. The number of H-pyrrole nitrogens is 1. The molecule has 0 aliphatic rings. The highest BCUT2D eigenvalue weighted by Gasteiger charge is 2.15. The highest BCUT2D eigenvalue weighted by molar-refractivity contribution is 5.79. The molecule has 0 amide bonds. The van der Waals surface area contributed by atoms with Gasteiger partial charge in [0.1, 0.15) is 17.3 Å². The monoisotopic (exact) mass is 320 g/mol. The number of halogens is 1. The van der Waals surface area contributed by atoms with Crippen LogP contribution in [0.2, 0.25) is 0 Å². The van der Waals surface area contributed by atoms with Crippen LogP contribution in [-0.2, 0) is 6.42 Å². The molecule has 0 saturated carbocycles. The number of aryl methyl sites for hydroxylation is 2. The fourth-order valence-electron chi connectivity index (χ4n) is 2.87. The summed E-state index contributed by atoms with van der Waals surface area (Å²) in [6, 6.07) is 9.10. The summed E-state index contributed by atoms with van der Waals surface area (Å²) in [7, 11) is 0. The lowest BCUT2D eigenvalue weighted by atomic mass is 10.0. The second-order valence-electron chi connectivity index (χ2n) is 5.84. The van der Waals surface area contributed by atoms with E-state index in [0.29, 0.717) is 5.56 Å². The average Bonchev–Trinajstić information content (AvgIpc) is 3.22. The van der Waals surface area contributed by atoms with E-state index in [1.165, 1.54) is 6.07 Å². The number of nitrogens with one attached hydrogen (secondary N) is 1. The molecule has 0 unspecified atom stereocenters. The van der Waals surface area contributed by atoms with Crippen molar-refractivity contribution in [2.24, 2.45) is 0 Å². The van der Waals surface area contributed by atoms with Gasteiger partial charge in [-0.05, 0) is 42.8 Å². The van der Waals surface area contributed by atoms with Gasteiger partial charge in [0.15, 0.2) is 0 Å². The summed E-state index contributed by atoms with van der Waals surface area (Å²) in [4.78, 5) is 12.4. The molecule has 0 aliphatic carbocycles. The second kappa shape index (κ2) is 5.60. The molecule has 24 heavy (non-hydrogen) atoms. The Morgan fingerprint density at radius 3 is 2.79 bits per heavy atom. The van der Waals surface area contributed by atoms with E-state index in [2.05, 4.69) is 16.9 Å². The fraction of sp³-hybridized carbons (Fsp3) is 0.158. The summed E-state index contributed by atoms with van der Waals surface area (Å²) < 4.78 is 15.6. The van der Waals surface area contributed by atoms with Gasteiger partial charge in [-0.1, -0.05) is 6.92 Å². The van der Waals surface area contributed by atoms with Gasteiger partial charge in [0.2, 0.25) is 0 Å². The van der Waals surface area contributed by atoms with Crippen molar-refractivity contribution >= 4 is 5.65 Å². The number of aromatic amines is 1. The summed E-state index contributed by atoms with van der Waals surface area (Å²) in [6.45, 7) is 3.82. The largest absolute Gasteiger partial charge is 0.341 e. The number of nitrogens with zero attached hydrogens (tertiary/aromatic N) is 3. The van der Waals surface area contributed by atoms with E-state index in [-0.39, 0.29) is 5.82 Å². The first kappa shape index (κ1) is 14.6. The van der Waals surface area contributed by atoms with E-state index in [0.717, 1.165) is 40.4 Å². The quantitative estimate of drug-likeness (QED) is 0.608. The molecule has 0 saturated heterocycles. The van der Waals surface area contributed by atoms with Gasteiger partial charge in [0, 0.05) is 36.1 Å². The standard InChI is InChI=1S/C19H17FN4/c1-3-16-22-18(13-4-6-15(20)12(2)10-13)19(23-16)14-5-7-17-21-8-9-24(17)11-14/h4-11H,3H2,1-2H3,(H,22,23). The molecule has 0 bridgehead atoms. The van der Waals surface area contributed by atoms with Crippen molar-refractivity contribution in [3.05, 3.63) is 66.1 Å². The van der Waals surface area contributed by atoms with Crippen molar-refractivity contribution in [1.29, 1.82) is 0 Å². The molecular formula is C19H17FN4. The molecule has 4 rings (SSSR count).